The van der Waals surface area contributed by atoms with E-state index in [4.69, 9.17) is 4.42 Å². The van der Waals surface area contributed by atoms with Crippen molar-refractivity contribution in [3.63, 3.8) is 0 Å². The van der Waals surface area contributed by atoms with Crippen LogP contribution in [0.25, 0.3) is 11.1 Å². The minimum Gasteiger partial charge on any atom is -0.480 e. The molecule has 7 heteroatoms. The number of hydrogen-bond donors (Lipinski definition) is 2. The Kier molecular flexibility index (Phi) is 5.75. The third-order valence-corrected chi connectivity index (χ3v) is 4.88. The highest BCUT2D eigenvalue weighted by Gasteiger charge is 2.29. The lowest BCUT2D eigenvalue weighted by Crippen LogP contribution is -2.46. The van der Waals surface area contributed by atoms with Crippen LogP contribution in [0.4, 0.5) is 6.01 Å². The molecule has 0 aliphatic carbocycles. The molecule has 1 atom stereocenters. The predicted octanol–water partition coefficient (Wildman–Crippen LogP) is 2.80. The van der Waals surface area contributed by atoms with E-state index in [9.17, 15) is 14.7 Å². The molecule has 2 N–H and O–H groups in total. The van der Waals surface area contributed by atoms with Crippen molar-refractivity contribution in [2.24, 2.45) is 5.92 Å². The number of carbonyl (C=O) groups excluding carboxylic acids is 1. The smallest absolute Gasteiger partial charge is 0.326 e. The van der Waals surface area contributed by atoms with E-state index in [1.807, 2.05) is 36.1 Å². The van der Waals surface area contributed by atoms with Gasteiger partial charge in [0.05, 0.1) is 0 Å². The second kappa shape index (κ2) is 8.21. The molecule has 2 aromatic rings. The first kappa shape index (κ1) is 18.2. The number of benzene rings is 1. The first-order valence-corrected chi connectivity index (χ1v) is 9.22. The van der Waals surface area contributed by atoms with Gasteiger partial charge in [-0.3, -0.25) is 4.79 Å². The molecule has 1 aromatic heterocycles. The summed E-state index contributed by atoms with van der Waals surface area (Å²) in [6, 6.07) is 7.40. The fourth-order valence-corrected chi connectivity index (χ4v) is 3.28. The number of amides is 1. The van der Waals surface area contributed by atoms with Gasteiger partial charge in [-0.05, 0) is 31.4 Å². The number of carboxylic acid groups (broad SMARTS) is 1. The lowest BCUT2D eigenvalue weighted by molar-refractivity contribution is -0.142. The predicted molar refractivity (Wildman–Crippen MR) is 98.0 cm³/mol. The number of nitrogens with zero attached hydrogens (tertiary/aromatic N) is 2. The van der Waals surface area contributed by atoms with Crippen LogP contribution in [-0.2, 0) is 9.59 Å². The summed E-state index contributed by atoms with van der Waals surface area (Å²) in [5.74, 6) is -1.29. The van der Waals surface area contributed by atoms with E-state index in [0.29, 0.717) is 38.4 Å². The molecule has 0 bridgehead atoms. The van der Waals surface area contributed by atoms with Crippen molar-refractivity contribution in [2.75, 3.05) is 18.0 Å². The molecule has 0 spiro atoms. The standard InChI is InChI=1S/C19H25N3O4/c1-2-3-6-15(18(24)25)20-17(23)13-9-11-22(12-10-13)19-21-14-7-4-5-8-16(14)26-19/h4-5,7-8,13,15H,2-3,6,9-12H2,1H3,(H,20,23)(H,24,25). The highest BCUT2D eigenvalue weighted by atomic mass is 16.4. The number of hydrogen-bond acceptors (Lipinski definition) is 5. The first-order valence-electron chi connectivity index (χ1n) is 9.22. The summed E-state index contributed by atoms with van der Waals surface area (Å²) in [5.41, 5.74) is 1.57. The van der Waals surface area contributed by atoms with Crippen LogP contribution in [0.15, 0.2) is 28.7 Å². The number of oxazole rings is 1. The maximum atomic E-state index is 12.4. The van der Waals surface area contributed by atoms with Crippen LogP contribution < -0.4 is 10.2 Å². The second-order valence-corrected chi connectivity index (χ2v) is 6.77. The molecule has 1 amide bonds. The van der Waals surface area contributed by atoms with Gasteiger partial charge in [-0.15, -0.1) is 0 Å². The van der Waals surface area contributed by atoms with Crippen molar-refractivity contribution in [2.45, 2.75) is 45.1 Å². The van der Waals surface area contributed by atoms with Crippen molar-refractivity contribution >= 4 is 29.0 Å². The number of piperidine rings is 1. The SMILES string of the molecule is CCCCC(NC(=O)C1CCN(c2nc3ccccc3o2)CC1)C(=O)O. The van der Waals surface area contributed by atoms with Gasteiger partial charge < -0.3 is 19.7 Å². The Labute approximate surface area is 152 Å². The number of para-hydroxylation sites is 2. The third kappa shape index (κ3) is 4.15. The summed E-state index contributed by atoms with van der Waals surface area (Å²) >= 11 is 0. The summed E-state index contributed by atoms with van der Waals surface area (Å²) in [7, 11) is 0. The molecule has 0 saturated carbocycles. The molecule has 1 aliphatic rings. The topological polar surface area (TPSA) is 95.7 Å². The summed E-state index contributed by atoms with van der Waals surface area (Å²) in [4.78, 5) is 30.3. The van der Waals surface area contributed by atoms with Gasteiger partial charge in [0, 0.05) is 19.0 Å². The van der Waals surface area contributed by atoms with E-state index in [1.165, 1.54) is 0 Å². The number of anilines is 1. The molecule has 1 fully saturated rings. The number of nitrogens with one attached hydrogen (secondary N) is 1. The maximum absolute atomic E-state index is 12.4. The third-order valence-electron chi connectivity index (χ3n) is 4.88. The number of aliphatic carboxylic acids is 1. The number of carbonyl (C=O) groups is 2. The largest absolute Gasteiger partial charge is 0.480 e. The molecule has 3 rings (SSSR count). The Morgan fingerprint density at radius 1 is 1.35 bits per heavy atom. The minimum atomic E-state index is -0.962. The lowest BCUT2D eigenvalue weighted by Gasteiger charge is -2.30. The molecular formula is C19H25N3O4. The molecular weight excluding hydrogens is 334 g/mol. The second-order valence-electron chi connectivity index (χ2n) is 6.77. The van der Waals surface area contributed by atoms with Gasteiger partial charge in [0.15, 0.2) is 5.58 Å². The molecule has 7 nitrogen and oxygen atoms in total. The van der Waals surface area contributed by atoms with Crippen molar-refractivity contribution in [1.29, 1.82) is 0 Å². The molecule has 1 aromatic carbocycles. The number of rotatable bonds is 7. The van der Waals surface area contributed by atoms with Crippen LogP contribution in [0.1, 0.15) is 39.0 Å². The Balaban J connectivity index is 1.55. The van der Waals surface area contributed by atoms with Crippen LogP contribution in [-0.4, -0.2) is 41.1 Å². The average Bonchev–Trinajstić information content (AvgIpc) is 3.09. The highest BCUT2D eigenvalue weighted by molar-refractivity contribution is 5.85. The lowest BCUT2D eigenvalue weighted by atomic mass is 9.95. The normalized spacial score (nSPS) is 16.6. The first-order chi connectivity index (χ1) is 12.6. The Bertz CT molecular complexity index is 732. The summed E-state index contributed by atoms with van der Waals surface area (Å²) < 4.78 is 5.78. The van der Waals surface area contributed by atoms with Gasteiger partial charge in [-0.1, -0.05) is 31.9 Å². The van der Waals surface area contributed by atoms with E-state index < -0.39 is 12.0 Å². The Morgan fingerprint density at radius 3 is 2.73 bits per heavy atom. The molecule has 140 valence electrons. The van der Waals surface area contributed by atoms with Crippen molar-refractivity contribution in [1.82, 2.24) is 10.3 Å². The zero-order chi connectivity index (χ0) is 18.5. The Morgan fingerprint density at radius 2 is 2.08 bits per heavy atom. The number of carboxylic acids is 1. The van der Waals surface area contributed by atoms with Gasteiger partial charge in [-0.25, -0.2) is 4.79 Å². The van der Waals surface area contributed by atoms with Crippen molar-refractivity contribution < 1.29 is 19.1 Å². The van der Waals surface area contributed by atoms with Crippen LogP contribution in [0, 0.1) is 5.92 Å². The van der Waals surface area contributed by atoms with Gasteiger partial charge >= 0.3 is 5.97 Å². The van der Waals surface area contributed by atoms with Gasteiger partial charge in [0.2, 0.25) is 5.91 Å². The number of fused-ring (bicyclic) bond motifs is 1. The van der Waals surface area contributed by atoms with Gasteiger partial charge in [0.1, 0.15) is 11.6 Å². The zero-order valence-corrected chi connectivity index (χ0v) is 15.0. The fraction of sp³-hybridized carbons (Fsp3) is 0.526. The molecule has 0 radical (unpaired) electrons. The zero-order valence-electron chi connectivity index (χ0n) is 15.0. The van der Waals surface area contributed by atoms with Crippen molar-refractivity contribution in [3.8, 4) is 0 Å². The van der Waals surface area contributed by atoms with Gasteiger partial charge in [0.25, 0.3) is 6.01 Å². The summed E-state index contributed by atoms with van der Waals surface area (Å²) in [6.07, 6.45) is 3.48. The quantitative estimate of drug-likeness (QED) is 0.789. The van der Waals surface area contributed by atoms with Crippen molar-refractivity contribution in [3.05, 3.63) is 24.3 Å². The molecule has 2 heterocycles. The van der Waals surface area contributed by atoms with E-state index in [1.54, 1.807) is 0 Å². The Hall–Kier alpha value is -2.57. The molecule has 1 saturated heterocycles. The van der Waals surface area contributed by atoms with Crippen LogP contribution in [0.3, 0.4) is 0 Å². The average molecular weight is 359 g/mol. The minimum absolute atomic E-state index is 0.161. The van der Waals surface area contributed by atoms with Gasteiger partial charge in [-0.2, -0.15) is 4.98 Å². The van der Waals surface area contributed by atoms with E-state index in [2.05, 4.69) is 10.3 Å². The van der Waals surface area contributed by atoms with E-state index in [0.717, 1.165) is 23.9 Å². The molecule has 1 unspecified atom stereocenters. The van der Waals surface area contributed by atoms with Crippen LogP contribution in [0.5, 0.6) is 0 Å². The van der Waals surface area contributed by atoms with Crippen LogP contribution >= 0.6 is 0 Å². The molecule has 1 aliphatic heterocycles. The molecule has 26 heavy (non-hydrogen) atoms. The number of unbranched alkanes of at least 4 members (excludes halogenated alkanes) is 1. The summed E-state index contributed by atoms with van der Waals surface area (Å²) in [6.45, 7) is 3.33. The monoisotopic (exact) mass is 359 g/mol. The maximum Gasteiger partial charge on any atom is 0.326 e. The summed E-state index contributed by atoms with van der Waals surface area (Å²) in [5, 5.41) is 12.0. The van der Waals surface area contributed by atoms with Crippen LogP contribution in [0.2, 0.25) is 0 Å². The van der Waals surface area contributed by atoms with E-state index >= 15 is 0 Å². The number of aromatic nitrogens is 1. The fourth-order valence-electron chi connectivity index (χ4n) is 3.28. The van der Waals surface area contributed by atoms with E-state index in [-0.39, 0.29) is 11.8 Å². The highest BCUT2D eigenvalue weighted by Crippen LogP contribution is 2.26.